The van der Waals surface area contributed by atoms with Gasteiger partial charge in [-0.15, -0.1) is 0 Å². The molecule has 0 saturated carbocycles. The Hall–Kier alpha value is -3.47. The highest BCUT2D eigenvalue weighted by atomic mass is 19.1. The topological polar surface area (TPSA) is 50.7 Å². The van der Waals surface area contributed by atoms with E-state index in [1.807, 2.05) is 18.2 Å². The summed E-state index contributed by atoms with van der Waals surface area (Å²) in [6.07, 6.45) is 1.54. The largest absolute Gasteiger partial charge is 0.497 e. The Morgan fingerprint density at radius 1 is 1.04 bits per heavy atom. The SMILES string of the molecule is COc1cccc(/C=N/NC(=O)c2ccc(-c3ccccc3F)cc2)c1. The summed E-state index contributed by atoms with van der Waals surface area (Å²) in [7, 11) is 1.59. The summed E-state index contributed by atoms with van der Waals surface area (Å²) in [6.45, 7) is 0. The standard InChI is InChI=1S/C21H17FN2O2/c1-26-18-6-4-5-15(13-18)14-23-24-21(25)17-11-9-16(10-12-17)19-7-2-3-8-20(19)22/h2-14H,1H3,(H,24,25)/b23-14+. The van der Waals surface area contributed by atoms with Crippen molar-refractivity contribution in [1.29, 1.82) is 0 Å². The highest BCUT2D eigenvalue weighted by Gasteiger charge is 2.07. The monoisotopic (exact) mass is 348 g/mol. The Bertz CT molecular complexity index is 937. The number of ether oxygens (including phenoxy) is 1. The van der Waals surface area contributed by atoms with Gasteiger partial charge in [0.25, 0.3) is 5.91 Å². The number of hydrogen-bond acceptors (Lipinski definition) is 3. The first-order valence-corrected chi connectivity index (χ1v) is 8.00. The number of amides is 1. The smallest absolute Gasteiger partial charge is 0.271 e. The predicted molar refractivity (Wildman–Crippen MR) is 99.9 cm³/mol. The van der Waals surface area contributed by atoms with Crippen LogP contribution in [-0.4, -0.2) is 19.2 Å². The molecule has 0 aliphatic heterocycles. The minimum Gasteiger partial charge on any atom is -0.497 e. The number of benzene rings is 3. The summed E-state index contributed by atoms with van der Waals surface area (Å²) < 4.78 is 18.9. The second kappa shape index (κ2) is 8.07. The van der Waals surface area contributed by atoms with Gasteiger partial charge < -0.3 is 4.74 Å². The Kier molecular flexibility index (Phi) is 5.39. The maximum Gasteiger partial charge on any atom is 0.271 e. The third-order valence-electron chi connectivity index (χ3n) is 3.81. The maximum absolute atomic E-state index is 13.8. The van der Waals surface area contributed by atoms with Crippen LogP contribution in [0.4, 0.5) is 4.39 Å². The zero-order valence-corrected chi connectivity index (χ0v) is 14.1. The average Bonchev–Trinajstić information content (AvgIpc) is 2.68. The fourth-order valence-corrected chi connectivity index (χ4v) is 2.45. The second-order valence-corrected chi connectivity index (χ2v) is 5.53. The summed E-state index contributed by atoms with van der Waals surface area (Å²) in [4.78, 5) is 12.1. The van der Waals surface area contributed by atoms with Crippen molar-refractivity contribution >= 4 is 12.1 Å². The van der Waals surface area contributed by atoms with Crippen LogP contribution >= 0.6 is 0 Å². The predicted octanol–water partition coefficient (Wildman–Crippen LogP) is 4.27. The van der Waals surface area contributed by atoms with E-state index in [-0.39, 0.29) is 11.7 Å². The molecular formula is C21H17FN2O2. The molecule has 0 atom stereocenters. The summed E-state index contributed by atoms with van der Waals surface area (Å²) in [5, 5.41) is 3.95. The summed E-state index contributed by atoms with van der Waals surface area (Å²) in [6, 6.07) is 20.5. The Morgan fingerprint density at radius 3 is 2.54 bits per heavy atom. The van der Waals surface area contributed by atoms with Crippen molar-refractivity contribution in [3.8, 4) is 16.9 Å². The van der Waals surface area contributed by atoms with Crippen molar-refractivity contribution in [2.45, 2.75) is 0 Å². The first kappa shape index (κ1) is 17.4. The molecule has 130 valence electrons. The molecule has 0 fully saturated rings. The highest BCUT2D eigenvalue weighted by molar-refractivity contribution is 5.95. The van der Waals surface area contributed by atoms with Gasteiger partial charge in [0.05, 0.1) is 13.3 Å². The molecule has 26 heavy (non-hydrogen) atoms. The molecule has 3 aromatic rings. The van der Waals surface area contributed by atoms with Gasteiger partial charge in [0.2, 0.25) is 0 Å². The van der Waals surface area contributed by atoms with Crippen LogP contribution in [0.2, 0.25) is 0 Å². The van der Waals surface area contributed by atoms with Crippen LogP contribution < -0.4 is 10.2 Å². The zero-order chi connectivity index (χ0) is 18.4. The molecule has 0 aromatic heterocycles. The molecule has 4 nitrogen and oxygen atoms in total. The van der Waals surface area contributed by atoms with Gasteiger partial charge in [-0.25, -0.2) is 9.82 Å². The minimum absolute atomic E-state index is 0.299. The highest BCUT2D eigenvalue weighted by Crippen LogP contribution is 2.22. The molecule has 0 saturated heterocycles. The lowest BCUT2D eigenvalue weighted by Gasteiger charge is -2.05. The molecular weight excluding hydrogens is 331 g/mol. The van der Waals surface area contributed by atoms with Crippen LogP contribution in [0.3, 0.4) is 0 Å². The van der Waals surface area contributed by atoms with E-state index in [2.05, 4.69) is 10.5 Å². The van der Waals surface area contributed by atoms with E-state index in [0.29, 0.717) is 22.4 Å². The number of hydrazone groups is 1. The second-order valence-electron chi connectivity index (χ2n) is 5.53. The van der Waals surface area contributed by atoms with Crippen molar-refractivity contribution in [2.75, 3.05) is 7.11 Å². The maximum atomic E-state index is 13.8. The average molecular weight is 348 g/mol. The van der Waals surface area contributed by atoms with Crippen molar-refractivity contribution in [1.82, 2.24) is 5.43 Å². The Labute approximate surface area is 150 Å². The van der Waals surface area contributed by atoms with Crippen LogP contribution in [0.25, 0.3) is 11.1 Å². The van der Waals surface area contributed by atoms with E-state index in [9.17, 15) is 9.18 Å². The first-order valence-electron chi connectivity index (χ1n) is 8.00. The van der Waals surface area contributed by atoms with Crippen molar-refractivity contribution < 1.29 is 13.9 Å². The number of halogens is 1. The molecule has 3 aromatic carbocycles. The third kappa shape index (κ3) is 4.13. The number of carbonyl (C=O) groups excluding carboxylic acids is 1. The fourth-order valence-electron chi connectivity index (χ4n) is 2.45. The van der Waals surface area contributed by atoms with Gasteiger partial charge in [-0.05, 0) is 41.5 Å². The van der Waals surface area contributed by atoms with E-state index >= 15 is 0 Å². The molecule has 5 heteroatoms. The number of methoxy groups -OCH3 is 1. The van der Waals surface area contributed by atoms with Crippen LogP contribution in [-0.2, 0) is 0 Å². The van der Waals surface area contributed by atoms with Crippen molar-refractivity contribution in [2.24, 2.45) is 5.10 Å². The third-order valence-corrected chi connectivity index (χ3v) is 3.81. The van der Waals surface area contributed by atoms with Crippen LogP contribution in [0.1, 0.15) is 15.9 Å². The Morgan fingerprint density at radius 2 is 1.81 bits per heavy atom. The normalized spacial score (nSPS) is 10.7. The van der Waals surface area contributed by atoms with E-state index in [0.717, 1.165) is 5.56 Å². The summed E-state index contributed by atoms with van der Waals surface area (Å²) >= 11 is 0. The van der Waals surface area contributed by atoms with Crippen molar-refractivity contribution in [3.05, 3.63) is 89.7 Å². The summed E-state index contributed by atoms with van der Waals surface area (Å²) in [5.74, 6) is 0.0702. The van der Waals surface area contributed by atoms with Gasteiger partial charge >= 0.3 is 0 Å². The molecule has 0 heterocycles. The molecule has 0 radical (unpaired) electrons. The van der Waals surface area contributed by atoms with Gasteiger partial charge in [0.15, 0.2) is 0 Å². The van der Waals surface area contributed by atoms with Crippen molar-refractivity contribution in [3.63, 3.8) is 0 Å². The van der Waals surface area contributed by atoms with E-state index in [1.165, 1.54) is 12.3 Å². The van der Waals surface area contributed by atoms with E-state index in [4.69, 9.17) is 4.74 Å². The minimum atomic E-state index is -0.343. The van der Waals surface area contributed by atoms with Gasteiger partial charge in [-0.3, -0.25) is 4.79 Å². The lowest BCUT2D eigenvalue weighted by Crippen LogP contribution is -2.17. The van der Waals surface area contributed by atoms with Crippen LogP contribution in [0, 0.1) is 5.82 Å². The molecule has 0 aliphatic carbocycles. The fraction of sp³-hybridized carbons (Fsp3) is 0.0476. The number of carbonyl (C=O) groups is 1. The lowest BCUT2D eigenvalue weighted by atomic mass is 10.0. The molecule has 0 spiro atoms. The van der Waals surface area contributed by atoms with E-state index < -0.39 is 0 Å². The zero-order valence-electron chi connectivity index (χ0n) is 14.1. The molecule has 0 unspecified atom stereocenters. The van der Waals surface area contributed by atoms with E-state index in [1.54, 1.807) is 55.6 Å². The van der Waals surface area contributed by atoms with Gasteiger partial charge in [0, 0.05) is 11.1 Å². The molecule has 0 bridgehead atoms. The molecule has 3 rings (SSSR count). The first-order chi connectivity index (χ1) is 12.7. The Balaban J connectivity index is 1.66. The summed E-state index contributed by atoms with van der Waals surface area (Å²) in [5.41, 5.74) is 4.92. The van der Waals surface area contributed by atoms with Gasteiger partial charge in [-0.1, -0.05) is 42.5 Å². The number of nitrogens with one attached hydrogen (secondary N) is 1. The van der Waals surface area contributed by atoms with Crippen LogP contribution in [0.5, 0.6) is 5.75 Å². The van der Waals surface area contributed by atoms with Gasteiger partial charge in [0.1, 0.15) is 11.6 Å². The number of hydrogen-bond donors (Lipinski definition) is 1. The molecule has 0 aliphatic rings. The molecule has 1 N–H and O–H groups in total. The number of nitrogens with zero attached hydrogens (tertiary/aromatic N) is 1. The quantitative estimate of drug-likeness (QED) is 0.553. The molecule has 1 amide bonds. The number of rotatable bonds is 5. The van der Waals surface area contributed by atoms with Gasteiger partial charge in [-0.2, -0.15) is 5.10 Å². The van der Waals surface area contributed by atoms with Crippen LogP contribution in [0.15, 0.2) is 77.9 Å². The lowest BCUT2D eigenvalue weighted by molar-refractivity contribution is 0.0955.